The number of hydrogen-bond acceptors (Lipinski definition) is 5. The highest BCUT2D eigenvalue weighted by atomic mass is 16.6. The van der Waals surface area contributed by atoms with Crippen molar-refractivity contribution in [3.8, 4) is 0 Å². The first kappa shape index (κ1) is 20.3. The summed E-state index contributed by atoms with van der Waals surface area (Å²) < 4.78 is 4.99. The fraction of sp³-hybridized carbons (Fsp3) is 0.333. The molecule has 0 saturated carbocycles. The molecule has 3 rings (SSSR count). The number of benzene rings is 1. The maximum atomic E-state index is 12.8. The van der Waals surface area contributed by atoms with Crippen molar-refractivity contribution in [2.45, 2.75) is 13.5 Å². The zero-order chi connectivity index (χ0) is 20.6. The molecule has 0 spiro atoms. The number of rotatable bonds is 5. The number of carbonyl (C=O) groups excluding carboxylic acids is 3. The molecule has 2 heterocycles. The summed E-state index contributed by atoms with van der Waals surface area (Å²) in [6.07, 6.45) is 1.09. The van der Waals surface area contributed by atoms with Gasteiger partial charge in [-0.05, 0) is 24.6 Å². The molecule has 1 aromatic heterocycles. The summed E-state index contributed by atoms with van der Waals surface area (Å²) in [5.41, 5.74) is 1.58. The lowest BCUT2D eigenvalue weighted by molar-refractivity contribution is 0.0566. The lowest BCUT2D eigenvalue weighted by Gasteiger charge is -2.33. The van der Waals surface area contributed by atoms with Gasteiger partial charge < -0.3 is 19.9 Å². The highest BCUT2D eigenvalue weighted by Crippen LogP contribution is 2.10. The SMILES string of the molecule is CCOC(=O)N1CCN(C(=O)c2cc(C(=O)NCc3ccccc3)ccn2)CC1. The molecule has 0 radical (unpaired) electrons. The van der Waals surface area contributed by atoms with Crippen molar-refractivity contribution < 1.29 is 19.1 Å². The first-order chi connectivity index (χ1) is 14.1. The quantitative estimate of drug-likeness (QED) is 0.834. The maximum Gasteiger partial charge on any atom is 0.409 e. The summed E-state index contributed by atoms with van der Waals surface area (Å²) in [4.78, 5) is 44.3. The van der Waals surface area contributed by atoms with Crippen LogP contribution in [0.5, 0.6) is 0 Å². The van der Waals surface area contributed by atoms with Gasteiger partial charge in [0, 0.05) is 44.5 Å². The maximum absolute atomic E-state index is 12.8. The molecule has 1 N–H and O–H groups in total. The van der Waals surface area contributed by atoms with E-state index in [9.17, 15) is 14.4 Å². The van der Waals surface area contributed by atoms with Crippen LogP contribution >= 0.6 is 0 Å². The lowest BCUT2D eigenvalue weighted by Crippen LogP contribution is -2.50. The first-order valence-electron chi connectivity index (χ1n) is 9.57. The van der Waals surface area contributed by atoms with Crippen LogP contribution in [0.25, 0.3) is 0 Å². The molecule has 8 nitrogen and oxygen atoms in total. The van der Waals surface area contributed by atoms with Gasteiger partial charge in [-0.1, -0.05) is 30.3 Å². The summed E-state index contributed by atoms with van der Waals surface area (Å²) in [5.74, 6) is -0.524. The number of hydrogen-bond donors (Lipinski definition) is 1. The second kappa shape index (κ2) is 9.68. The van der Waals surface area contributed by atoms with Crippen LogP contribution in [0.1, 0.15) is 33.3 Å². The molecule has 1 saturated heterocycles. The molecule has 152 valence electrons. The van der Waals surface area contributed by atoms with Gasteiger partial charge in [0.1, 0.15) is 5.69 Å². The van der Waals surface area contributed by atoms with Gasteiger partial charge in [0.25, 0.3) is 11.8 Å². The number of nitrogens with one attached hydrogen (secondary N) is 1. The van der Waals surface area contributed by atoms with Gasteiger partial charge in [-0.3, -0.25) is 14.6 Å². The summed E-state index contributed by atoms with van der Waals surface area (Å²) in [6.45, 7) is 4.08. The molecular weight excluding hydrogens is 372 g/mol. The van der Waals surface area contributed by atoms with E-state index in [1.807, 2.05) is 30.3 Å². The third-order valence-electron chi connectivity index (χ3n) is 4.63. The van der Waals surface area contributed by atoms with Gasteiger partial charge in [-0.25, -0.2) is 4.79 Å². The molecule has 1 aromatic carbocycles. The Kier molecular flexibility index (Phi) is 6.78. The van der Waals surface area contributed by atoms with Crippen molar-refractivity contribution in [2.75, 3.05) is 32.8 Å². The van der Waals surface area contributed by atoms with Crippen LogP contribution < -0.4 is 5.32 Å². The lowest BCUT2D eigenvalue weighted by atomic mass is 10.1. The fourth-order valence-corrected chi connectivity index (χ4v) is 3.04. The van der Waals surface area contributed by atoms with E-state index in [4.69, 9.17) is 4.74 Å². The Balaban J connectivity index is 1.58. The van der Waals surface area contributed by atoms with Crippen molar-refractivity contribution in [1.82, 2.24) is 20.1 Å². The second-order valence-electron chi connectivity index (χ2n) is 6.58. The Morgan fingerprint density at radius 2 is 1.72 bits per heavy atom. The predicted molar refractivity (Wildman–Crippen MR) is 106 cm³/mol. The topological polar surface area (TPSA) is 91.8 Å². The normalized spacial score (nSPS) is 13.7. The standard InChI is InChI=1S/C21H24N4O4/c1-2-29-21(28)25-12-10-24(11-13-25)20(27)18-14-17(8-9-22-18)19(26)23-15-16-6-4-3-5-7-16/h3-9,14H,2,10-13,15H2,1H3,(H,23,26). The molecule has 0 aliphatic carbocycles. The third-order valence-corrected chi connectivity index (χ3v) is 4.63. The Morgan fingerprint density at radius 3 is 2.41 bits per heavy atom. The van der Waals surface area contributed by atoms with Gasteiger partial charge in [0.15, 0.2) is 0 Å². The average molecular weight is 396 g/mol. The minimum Gasteiger partial charge on any atom is -0.450 e. The second-order valence-corrected chi connectivity index (χ2v) is 6.58. The number of pyridine rings is 1. The highest BCUT2D eigenvalue weighted by Gasteiger charge is 2.26. The van der Waals surface area contributed by atoms with E-state index in [2.05, 4.69) is 10.3 Å². The van der Waals surface area contributed by atoms with Gasteiger partial charge >= 0.3 is 6.09 Å². The van der Waals surface area contributed by atoms with E-state index in [1.54, 1.807) is 22.8 Å². The van der Waals surface area contributed by atoms with E-state index in [0.29, 0.717) is 44.9 Å². The highest BCUT2D eigenvalue weighted by molar-refractivity contribution is 5.98. The number of piperazine rings is 1. The number of ether oxygens (including phenoxy) is 1. The summed E-state index contributed by atoms with van der Waals surface area (Å²) >= 11 is 0. The molecule has 1 aliphatic rings. The van der Waals surface area contributed by atoms with Gasteiger partial charge in [0.05, 0.1) is 6.61 Å². The Labute approximate surface area is 169 Å². The van der Waals surface area contributed by atoms with Gasteiger partial charge in [-0.15, -0.1) is 0 Å². The Hall–Kier alpha value is -3.42. The van der Waals surface area contributed by atoms with Gasteiger partial charge in [-0.2, -0.15) is 0 Å². The molecule has 0 atom stereocenters. The summed E-state index contributed by atoms with van der Waals surface area (Å²) in [6, 6.07) is 12.7. The van der Waals surface area contributed by atoms with Crippen LogP contribution in [-0.2, 0) is 11.3 Å². The van der Waals surface area contributed by atoms with E-state index in [0.717, 1.165) is 5.56 Å². The van der Waals surface area contributed by atoms with Crippen molar-refractivity contribution in [3.05, 3.63) is 65.5 Å². The van der Waals surface area contributed by atoms with Crippen LogP contribution in [-0.4, -0.2) is 65.5 Å². The minimum atomic E-state index is -0.366. The summed E-state index contributed by atoms with van der Waals surface area (Å²) in [7, 11) is 0. The van der Waals surface area contributed by atoms with E-state index >= 15 is 0 Å². The Bertz CT molecular complexity index is 864. The van der Waals surface area contributed by atoms with Crippen LogP contribution in [0.4, 0.5) is 4.79 Å². The molecule has 29 heavy (non-hydrogen) atoms. The van der Waals surface area contributed by atoms with Crippen LogP contribution in [0.15, 0.2) is 48.7 Å². The third kappa shape index (κ3) is 5.31. The molecule has 1 aliphatic heterocycles. The fourth-order valence-electron chi connectivity index (χ4n) is 3.04. The largest absolute Gasteiger partial charge is 0.450 e. The molecule has 0 unspecified atom stereocenters. The Morgan fingerprint density at radius 1 is 1.03 bits per heavy atom. The average Bonchev–Trinajstić information content (AvgIpc) is 2.78. The molecule has 2 aromatic rings. The van der Waals surface area contributed by atoms with E-state index < -0.39 is 0 Å². The van der Waals surface area contributed by atoms with Crippen molar-refractivity contribution in [2.24, 2.45) is 0 Å². The van der Waals surface area contributed by atoms with E-state index in [-0.39, 0.29) is 23.6 Å². The monoisotopic (exact) mass is 396 g/mol. The van der Waals surface area contributed by atoms with Crippen molar-refractivity contribution >= 4 is 17.9 Å². The predicted octanol–water partition coefficient (Wildman–Crippen LogP) is 1.93. The molecular formula is C21H24N4O4. The number of carbonyl (C=O) groups is 3. The van der Waals surface area contributed by atoms with Crippen LogP contribution in [0.3, 0.4) is 0 Å². The molecule has 8 heteroatoms. The van der Waals surface area contributed by atoms with Crippen LogP contribution in [0.2, 0.25) is 0 Å². The van der Waals surface area contributed by atoms with Crippen molar-refractivity contribution in [3.63, 3.8) is 0 Å². The van der Waals surface area contributed by atoms with Crippen LogP contribution in [0, 0.1) is 0 Å². The molecule has 0 bridgehead atoms. The minimum absolute atomic E-state index is 0.210. The molecule has 3 amide bonds. The zero-order valence-electron chi connectivity index (χ0n) is 16.3. The van der Waals surface area contributed by atoms with E-state index in [1.165, 1.54) is 12.3 Å². The molecule has 1 fully saturated rings. The number of nitrogens with zero attached hydrogens (tertiary/aromatic N) is 3. The smallest absolute Gasteiger partial charge is 0.409 e. The zero-order valence-corrected chi connectivity index (χ0v) is 16.3. The first-order valence-corrected chi connectivity index (χ1v) is 9.57. The van der Waals surface area contributed by atoms with Gasteiger partial charge in [0.2, 0.25) is 0 Å². The summed E-state index contributed by atoms with van der Waals surface area (Å²) in [5, 5.41) is 2.84. The number of amides is 3. The van der Waals surface area contributed by atoms with Crippen molar-refractivity contribution in [1.29, 1.82) is 0 Å². The number of aromatic nitrogens is 1.